The van der Waals surface area contributed by atoms with Gasteiger partial charge in [0.15, 0.2) is 9.84 Å². The Morgan fingerprint density at radius 3 is 2.30 bits per heavy atom. The molecule has 3 nitrogen and oxygen atoms in total. The molecule has 3 fully saturated rings. The van der Waals surface area contributed by atoms with Crippen molar-refractivity contribution in [3.63, 3.8) is 0 Å². The topological polar surface area (TPSA) is 54.4 Å². The third kappa shape index (κ3) is 1.41. The quantitative estimate of drug-likeness (QED) is 0.912. The van der Waals surface area contributed by atoms with Gasteiger partial charge in [0.1, 0.15) is 0 Å². The first-order valence-corrected chi connectivity index (χ1v) is 8.71. The van der Waals surface area contributed by atoms with Crippen molar-refractivity contribution in [2.45, 2.75) is 49.4 Å². The van der Waals surface area contributed by atoms with E-state index in [-0.39, 0.29) is 23.4 Å². The predicted octanol–water partition coefficient (Wildman–Crippen LogP) is 2.65. The third-order valence-electron chi connectivity index (χ3n) is 5.93. The summed E-state index contributed by atoms with van der Waals surface area (Å²) >= 11 is 0. The van der Waals surface area contributed by atoms with E-state index < -0.39 is 14.6 Å². The van der Waals surface area contributed by atoms with Crippen LogP contribution in [0.15, 0.2) is 35.2 Å². The van der Waals surface area contributed by atoms with Crippen LogP contribution in [0.5, 0.6) is 0 Å². The fourth-order valence-corrected chi connectivity index (χ4v) is 7.53. The van der Waals surface area contributed by atoms with Crippen LogP contribution < -0.4 is 0 Å². The van der Waals surface area contributed by atoms with Crippen LogP contribution in [0.4, 0.5) is 0 Å². The van der Waals surface area contributed by atoms with E-state index in [4.69, 9.17) is 0 Å². The van der Waals surface area contributed by atoms with Crippen LogP contribution in [0, 0.1) is 17.3 Å². The second-order valence-corrected chi connectivity index (χ2v) is 9.15. The molecule has 3 aliphatic rings. The van der Waals surface area contributed by atoms with E-state index in [1.54, 1.807) is 24.3 Å². The Morgan fingerprint density at radius 2 is 1.80 bits per heavy atom. The highest BCUT2D eigenvalue weighted by Crippen LogP contribution is 2.68. The molecule has 1 aromatic rings. The molecule has 4 atom stereocenters. The van der Waals surface area contributed by atoms with Crippen molar-refractivity contribution in [3.05, 3.63) is 30.3 Å². The number of fused-ring (bicyclic) bond motifs is 2. The Bertz CT molecular complexity index is 620. The van der Waals surface area contributed by atoms with Crippen LogP contribution in [0.2, 0.25) is 0 Å². The van der Waals surface area contributed by atoms with E-state index in [1.807, 2.05) is 26.8 Å². The first-order valence-electron chi connectivity index (χ1n) is 7.23. The summed E-state index contributed by atoms with van der Waals surface area (Å²) in [4.78, 5) is 0.412. The molecule has 3 saturated carbocycles. The van der Waals surface area contributed by atoms with Gasteiger partial charge in [-0.3, -0.25) is 0 Å². The lowest BCUT2D eigenvalue weighted by Crippen LogP contribution is -2.74. The molecular weight excluding hydrogens is 272 g/mol. The van der Waals surface area contributed by atoms with Crippen molar-refractivity contribution < 1.29 is 13.5 Å². The molecule has 0 heterocycles. The van der Waals surface area contributed by atoms with Gasteiger partial charge in [-0.05, 0) is 42.2 Å². The molecule has 0 radical (unpaired) electrons. The molecule has 0 spiro atoms. The molecular formula is C16H22O3S. The molecule has 1 N–H and O–H groups in total. The minimum absolute atomic E-state index is 0.0253. The summed E-state index contributed by atoms with van der Waals surface area (Å²) in [5.74, 6) is 0.0693. The largest absolute Gasteiger partial charge is 0.393 e. The monoisotopic (exact) mass is 294 g/mol. The second-order valence-electron chi connectivity index (χ2n) is 6.94. The minimum Gasteiger partial charge on any atom is -0.393 e. The summed E-state index contributed by atoms with van der Waals surface area (Å²) in [6.07, 6.45) is 0.799. The van der Waals surface area contributed by atoms with E-state index in [0.717, 1.165) is 0 Å². The van der Waals surface area contributed by atoms with Gasteiger partial charge in [0.05, 0.1) is 15.7 Å². The molecule has 3 aliphatic carbocycles. The number of sulfone groups is 1. The van der Waals surface area contributed by atoms with Crippen LogP contribution in [0.3, 0.4) is 0 Å². The first kappa shape index (κ1) is 14.1. The summed E-state index contributed by atoms with van der Waals surface area (Å²) in [5, 5.41) is 10.2. The maximum atomic E-state index is 13.2. The molecule has 0 amide bonds. The molecule has 4 unspecified atom stereocenters. The van der Waals surface area contributed by atoms with E-state index in [0.29, 0.717) is 17.7 Å². The van der Waals surface area contributed by atoms with Crippen LogP contribution in [0.25, 0.3) is 0 Å². The maximum Gasteiger partial charge on any atom is 0.184 e. The molecule has 2 bridgehead atoms. The van der Waals surface area contributed by atoms with Gasteiger partial charge in [-0.15, -0.1) is 0 Å². The number of hydrogen-bond donors (Lipinski definition) is 1. The first-order chi connectivity index (χ1) is 9.25. The van der Waals surface area contributed by atoms with E-state index in [2.05, 4.69) is 0 Å². The maximum absolute atomic E-state index is 13.2. The van der Waals surface area contributed by atoms with Crippen LogP contribution in [-0.4, -0.2) is 24.4 Å². The standard InChI is InChI=1S/C16H22O3S/c1-11-9-14(17)13-10-16(11,15(13,2)3)20(18,19)12-7-5-4-6-8-12/h4-8,11,13-14,17H,9-10H2,1-3H3. The summed E-state index contributed by atoms with van der Waals surface area (Å²) < 4.78 is 25.7. The highest BCUT2D eigenvalue weighted by molar-refractivity contribution is 7.93. The Kier molecular flexibility index (Phi) is 2.87. The van der Waals surface area contributed by atoms with Gasteiger partial charge in [-0.2, -0.15) is 0 Å². The molecule has 20 heavy (non-hydrogen) atoms. The lowest BCUT2D eigenvalue weighted by atomic mass is 9.44. The van der Waals surface area contributed by atoms with E-state index in [1.165, 1.54) is 0 Å². The van der Waals surface area contributed by atoms with Gasteiger partial charge >= 0.3 is 0 Å². The van der Waals surface area contributed by atoms with Gasteiger partial charge in [0.25, 0.3) is 0 Å². The average Bonchev–Trinajstić information content (AvgIpc) is 2.38. The zero-order chi connectivity index (χ0) is 14.8. The SMILES string of the molecule is CC1CC(O)C2CC1(S(=O)(=O)c1ccccc1)C2(C)C. The van der Waals surface area contributed by atoms with Crippen LogP contribution in [0.1, 0.15) is 33.6 Å². The summed E-state index contributed by atoms with van der Waals surface area (Å²) in [7, 11) is -3.39. The van der Waals surface area contributed by atoms with Gasteiger partial charge in [0.2, 0.25) is 0 Å². The average molecular weight is 294 g/mol. The zero-order valence-electron chi connectivity index (χ0n) is 12.2. The number of aliphatic hydroxyl groups is 1. The van der Waals surface area contributed by atoms with Crippen molar-refractivity contribution in [1.29, 1.82) is 0 Å². The van der Waals surface area contributed by atoms with E-state index in [9.17, 15) is 13.5 Å². The number of hydrogen-bond acceptors (Lipinski definition) is 3. The molecule has 4 heteroatoms. The van der Waals surface area contributed by atoms with Crippen LogP contribution in [-0.2, 0) is 9.84 Å². The number of benzene rings is 1. The van der Waals surface area contributed by atoms with Crippen molar-refractivity contribution >= 4 is 9.84 Å². The molecule has 1 aromatic carbocycles. The van der Waals surface area contributed by atoms with E-state index >= 15 is 0 Å². The van der Waals surface area contributed by atoms with Gasteiger partial charge < -0.3 is 5.11 Å². The fraction of sp³-hybridized carbons (Fsp3) is 0.625. The minimum atomic E-state index is -3.39. The fourth-order valence-electron chi connectivity index (χ4n) is 4.73. The van der Waals surface area contributed by atoms with Crippen molar-refractivity contribution in [2.75, 3.05) is 0 Å². The molecule has 4 rings (SSSR count). The van der Waals surface area contributed by atoms with Gasteiger partial charge in [0, 0.05) is 0 Å². The van der Waals surface area contributed by atoms with Crippen molar-refractivity contribution in [1.82, 2.24) is 0 Å². The number of aliphatic hydroxyl groups excluding tert-OH is 1. The molecule has 0 saturated heterocycles. The van der Waals surface area contributed by atoms with Crippen LogP contribution >= 0.6 is 0 Å². The molecule has 0 aliphatic heterocycles. The van der Waals surface area contributed by atoms with Gasteiger partial charge in [-0.25, -0.2) is 8.42 Å². The Balaban J connectivity index is 2.14. The van der Waals surface area contributed by atoms with Crippen molar-refractivity contribution in [2.24, 2.45) is 17.3 Å². The summed E-state index contributed by atoms with van der Waals surface area (Å²) in [5.41, 5.74) is -0.376. The Morgan fingerprint density at radius 1 is 1.20 bits per heavy atom. The Hall–Kier alpha value is -0.870. The summed E-state index contributed by atoms with van der Waals surface area (Å²) in [6, 6.07) is 8.75. The highest BCUT2D eigenvalue weighted by Gasteiger charge is 2.73. The predicted molar refractivity (Wildman–Crippen MR) is 78.0 cm³/mol. The van der Waals surface area contributed by atoms with Gasteiger partial charge in [-0.1, -0.05) is 39.0 Å². The lowest BCUT2D eigenvalue weighted by Gasteiger charge is -2.68. The Labute approximate surface area is 120 Å². The third-order valence-corrected chi connectivity index (χ3v) is 8.88. The summed E-state index contributed by atoms with van der Waals surface area (Å²) in [6.45, 7) is 5.97. The highest BCUT2D eigenvalue weighted by atomic mass is 32.2. The number of rotatable bonds is 2. The lowest BCUT2D eigenvalue weighted by molar-refractivity contribution is -0.148. The second kappa shape index (κ2) is 4.08. The van der Waals surface area contributed by atoms with Crippen molar-refractivity contribution in [3.8, 4) is 0 Å². The molecule has 0 aromatic heterocycles. The normalized spacial score (nSPS) is 39.1. The zero-order valence-corrected chi connectivity index (χ0v) is 13.0. The molecule has 110 valence electrons. The smallest absolute Gasteiger partial charge is 0.184 e.